The van der Waals surface area contributed by atoms with E-state index >= 15 is 0 Å². The number of rotatable bonds is 6. The Bertz CT molecular complexity index is 198. The minimum atomic E-state index is -4.00. The van der Waals surface area contributed by atoms with Crippen molar-refractivity contribution in [2.24, 2.45) is 11.7 Å². The summed E-state index contributed by atoms with van der Waals surface area (Å²) in [7, 11) is 0. The van der Waals surface area contributed by atoms with Crippen molar-refractivity contribution in [3.63, 3.8) is 0 Å². The number of nitrogens with two attached hydrogens (primary N) is 1. The highest BCUT2D eigenvalue weighted by Gasteiger charge is 2.25. The van der Waals surface area contributed by atoms with E-state index in [2.05, 4.69) is 5.32 Å². The first-order valence-electron chi connectivity index (χ1n) is 6.50. The van der Waals surface area contributed by atoms with Crippen LogP contribution in [-0.2, 0) is 0 Å². The normalized spacial score (nSPS) is 26.1. The zero-order valence-corrected chi connectivity index (χ0v) is 10.2. The van der Waals surface area contributed by atoms with E-state index in [0.717, 1.165) is 32.2 Å². The molecule has 1 fully saturated rings. The number of hydrogen-bond donors (Lipinski definition) is 2. The van der Waals surface area contributed by atoms with Gasteiger partial charge in [-0.25, -0.2) is 0 Å². The lowest BCUT2D eigenvalue weighted by Crippen LogP contribution is -2.32. The van der Waals surface area contributed by atoms with Gasteiger partial charge in [-0.3, -0.25) is 0 Å². The SMILES string of the molecule is NC1CCC(CNCCCCC(F)(F)F)CC1. The molecule has 17 heavy (non-hydrogen) atoms. The maximum Gasteiger partial charge on any atom is 0.389 e. The molecule has 1 saturated carbocycles. The summed E-state index contributed by atoms with van der Waals surface area (Å²) < 4.78 is 35.6. The molecule has 0 saturated heterocycles. The quantitative estimate of drug-likeness (QED) is 0.713. The molecule has 1 aliphatic carbocycles. The van der Waals surface area contributed by atoms with E-state index in [1.165, 1.54) is 0 Å². The van der Waals surface area contributed by atoms with Gasteiger partial charge < -0.3 is 11.1 Å². The lowest BCUT2D eigenvalue weighted by molar-refractivity contribution is -0.135. The van der Waals surface area contributed by atoms with Crippen LogP contribution in [0.2, 0.25) is 0 Å². The zero-order valence-electron chi connectivity index (χ0n) is 10.2. The number of hydrogen-bond acceptors (Lipinski definition) is 2. The third-order valence-corrected chi connectivity index (χ3v) is 3.39. The maximum atomic E-state index is 11.9. The molecule has 0 aromatic rings. The lowest BCUT2D eigenvalue weighted by Gasteiger charge is -2.26. The predicted molar refractivity (Wildman–Crippen MR) is 62.7 cm³/mol. The third-order valence-electron chi connectivity index (χ3n) is 3.39. The summed E-state index contributed by atoms with van der Waals surface area (Å²) in [4.78, 5) is 0. The standard InChI is InChI=1S/C12H23F3N2/c13-12(14,15)7-1-2-8-17-9-10-3-5-11(16)6-4-10/h10-11,17H,1-9,16H2. The molecule has 0 amide bonds. The van der Waals surface area contributed by atoms with Gasteiger partial charge in [-0.1, -0.05) is 0 Å². The summed E-state index contributed by atoms with van der Waals surface area (Å²) in [6.07, 6.45) is 0.637. The van der Waals surface area contributed by atoms with Gasteiger partial charge in [0.15, 0.2) is 0 Å². The minimum Gasteiger partial charge on any atom is -0.328 e. The van der Waals surface area contributed by atoms with E-state index in [1.807, 2.05) is 0 Å². The van der Waals surface area contributed by atoms with E-state index in [1.54, 1.807) is 0 Å². The number of alkyl halides is 3. The molecule has 0 aromatic carbocycles. The molecule has 0 aromatic heterocycles. The van der Waals surface area contributed by atoms with E-state index in [0.29, 0.717) is 24.9 Å². The summed E-state index contributed by atoms with van der Waals surface area (Å²) >= 11 is 0. The van der Waals surface area contributed by atoms with E-state index in [4.69, 9.17) is 5.73 Å². The molecule has 2 nitrogen and oxygen atoms in total. The topological polar surface area (TPSA) is 38.0 Å². The van der Waals surface area contributed by atoms with Crippen LogP contribution < -0.4 is 11.1 Å². The number of nitrogens with one attached hydrogen (secondary N) is 1. The Balaban J connectivity index is 1.91. The number of halogens is 3. The van der Waals surface area contributed by atoms with Crippen molar-refractivity contribution < 1.29 is 13.2 Å². The molecular weight excluding hydrogens is 229 g/mol. The first-order valence-corrected chi connectivity index (χ1v) is 6.50. The minimum absolute atomic E-state index is 0.228. The van der Waals surface area contributed by atoms with Gasteiger partial charge in [-0.2, -0.15) is 13.2 Å². The van der Waals surface area contributed by atoms with E-state index in [9.17, 15) is 13.2 Å². The Hall–Kier alpha value is -0.290. The molecule has 3 N–H and O–H groups in total. The van der Waals surface area contributed by atoms with Gasteiger partial charge in [0, 0.05) is 12.5 Å². The molecule has 1 rings (SSSR count). The van der Waals surface area contributed by atoms with Crippen LogP contribution >= 0.6 is 0 Å². The molecule has 102 valence electrons. The second-order valence-corrected chi connectivity index (χ2v) is 5.06. The summed E-state index contributed by atoms with van der Waals surface area (Å²) in [5.74, 6) is 0.664. The van der Waals surface area contributed by atoms with Gasteiger partial charge in [0.2, 0.25) is 0 Å². The Morgan fingerprint density at radius 1 is 1.06 bits per heavy atom. The molecule has 0 radical (unpaired) electrons. The zero-order chi connectivity index (χ0) is 12.7. The van der Waals surface area contributed by atoms with Crippen LogP contribution in [-0.4, -0.2) is 25.3 Å². The van der Waals surface area contributed by atoms with Crippen molar-refractivity contribution >= 4 is 0 Å². The fourth-order valence-corrected chi connectivity index (χ4v) is 2.27. The van der Waals surface area contributed by atoms with E-state index in [-0.39, 0.29) is 6.42 Å². The molecule has 0 spiro atoms. The van der Waals surface area contributed by atoms with Gasteiger partial charge in [0.25, 0.3) is 0 Å². The highest BCUT2D eigenvalue weighted by atomic mass is 19.4. The Morgan fingerprint density at radius 3 is 2.29 bits per heavy atom. The molecule has 1 aliphatic rings. The molecule has 0 bridgehead atoms. The van der Waals surface area contributed by atoms with Crippen LogP contribution in [0.3, 0.4) is 0 Å². The van der Waals surface area contributed by atoms with Crippen LogP contribution in [0.25, 0.3) is 0 Å². The average Bonchev–Trinajstić information content (AvgIpc) is 2.24. The van der Waals surface area contributed by atoms with Gasteiger partial charge in [-0.15, -0.1) is 0 Å². The van der Waals surface area contributed by atoms with Crippen LogP contribution in [0.4, 0.5) is 13.2 Å². The van der Waals surface area contributed by atoms with Crippen molar-refractivity contribution in [3.05, 3.63) is 0 Å². The fraction of sp³-hybridized carbons (Fsp3) is 1.00. The van der Waals surface area contributed by atoms with Crippen molar-refractivity contribution in [2.75, 3.05) is 13.1 Å². The second kappa shape index (κ2) is 7.21. The molecule has 0 unspecified atom stereocenters. The summed E-state index contributed by atoms with van der Waals surface area (Å²) in [6, 6.07) is 0.359. The fourth-order valence-electron chi connectivity index (χ4n) is 2.27. The van der Waals surface area contributed by atoms with Crippen LogP contribution in [0.15, 0.2) is 0 Å². The molecular formula is C12H23F3N2. The van der Waals surface area contributed by atoms with Crippen LogP contribution in [0.5, 0.6) is 0 Å². The Morgan fingerprint density at radius 2 is 1.71 bits per heavy atom. The summed E-state index contributed by atoms with van der Waals surface area (Å²) in [6.45, 7) is 1.62. The Kier molecular flexibility index (Phi) is 6.27. The second-order valence-electron chi connectivity index (χ2n) is 5.06. The summed E-state index contributed by atoms with van der Waals surface area (Å²) in [5, 5.41) is 3.25. The monoisotopic (exact) mass is 252 g/mol. The maximum absolute atomic E-state index is 11.9. The van der Waals surface area contributed by atoms with Crippen molar-refractivity contribution in [3.8, 4) is 0 Å². The van der Waals surface area contributed by atoms with Gasteiger partial charge in [0.05, 0.1) is 0 Å². The summed E-state index contributed by atoms with van der Waals surface area (Å²) in [5.41, 5.74) is 5.81. The van der Waals surface area contributed by atoms with Crippen LogP contribution in [0, 0.1) is 5.92 Å². The van der Waals surface area contributed by atoms with Crippen molar-refractivity contribution in [2.45, 2.75) is 57.2 Å². The smallest absolute Gasteiger partial charge is 0.328 e. The first-order chi connectivity index (χ1) is 7.97. The first kappa shape index (κ1) is 14.8. The lowest BCUT2D eigenvalue weighted by atomic mass is 9.86. The predicted octanol–water partition coefficient (Wildman–Crippen LogP) is 2.83. The van der Waals surface area contributed by atoms with Crippen LogP contribution in [0.1, 0.15) is 44.9 Å². The third kappa shape index (κ3) is 7.60. The molecule has 5 heteroatoms. The van der Waals surface area contributed by atoms with Gasteiger partial charge >= 0.3 is 6.18 Å². The van der Waals surface area contributed by atoms with Crippen molar-refractivity contribution in [1.82, 2.24) is 5.32 Å². The Labute approximate surface area is 101 Å². The highest BCUT2D eigenvalue weighted by molar-refractivity contribution is 4.75. The highest BCUT2D eigenvalue weighted by Crippen LogP contribution is 2.23. The molecule has 0 aliphatic heterocycles. The number of unbranched alkanes of at least 4 members (excludes halogenated alkanes) is 1. The molecule has 0 atom stereocenters. The van der Waals surface area contributed by atoms with Crippen molar-refractivity contribution in [1.29, 1.82) is 0 Å². The largest absolute Gasteiger partial charge is 0.389 e. The molecule has 0 heterocycles. The average molecular weight is 252 g/mol. The van der Waals surface area contributed by atoms with Gasteiger partial charge in [-0.05, 0) is 57.5 Å². The van der Waals surface area contributed by atoms with E-state index < -0.39 is 12.6 Å². The van der Waals surface area contributed by atoms with Gasteiger partial charge in [0.1, 0.15) is 0 Å².